The number of non-ortho nitro benzene ring substituents is 1. The van der Waals surface area contributed by atoms with E-state index in [1.807, 2.05) is 0 Å². The zero-order valence-electron chi connectivity index (χ0n) is 10.7. The average Bonchev–Trinajstić information content (AvgIpc) is 2.42. The standard InChI is InChI=1S/C13H9FN2O5/c1-7-4-8(13(17)18)6-15-12(7)21-11-3-2-9(16(19)20)5-10(11)14/h2-6H,1H3,(H,17,18). The number of aromatic carboxylic acids is 1. The Labute approximate surface area is 117 Å². The number of hydrogen-bond donors (Lipinski definition) is 1. The number of hydrogen-bond acceptors (Lipinski definition) is 5. The molecule has 1 N–H and O–H groups in total. The molecule has 21 heavy (non-hydrogen) atoms. The third kappa shape index (κ3) is 3.11. The first-order chi connectivity index (χ1) is 9.88. The van der Waals surface area contributed by atoms with E-state index in [9.17, 15) is 19.3 Å². The number of rotatable bonds is 4. The van der Waals surface area contributed by atoms with Crippen LogP contribution >= 0.6 is 0 Å². The van der Waals surface area contributed by atoms with Gasteiger partial charge in [-0.3, -0.25) is 10.1 Å². The molecule has 0 fully saturated rings. The summed E-state index contributed by atoms with van der Waals surface area (Å²) in [5.74, 6) is -2.27. The van der Waals surface area contributed by atoms with Gasteiger partial charge in [0.15, 0.2) is 11.6 Å². The number of aryl methyl sites for hydroxylation is 1. The second-order valence-electron chi connectivity index (χ2n) is 4.13. The van der Waals surface area contributed by atoms with Crippen molar-refractivity contribution in [2.45, 2.75) is 6.92 Å². The predicted octanol–water partition coefficient (Wildman–Crippen LogP) is 2.93. The Bertz CT molecular complexity index is 671. The van der Waals surface area contributed by atoms with Gasteiger partial charge in [-0.1, -0.05) is 0 Å². The first-order valence-corrected chi connectivity index (χ1v) is 5.70. The molecule has 1 aromatic heterocycles. The van der Waals surface area contributed by atoms with Crippen molar-refractivity contribution in [3.8, 4) is 11.6 Å². The van der Waals surface area contributed by atoms with Crippen LogP contribution in [0.2, 0.25) is 0 Å². The maximum Gasteiger partial charge on any atom is 0.337 e. The van der Waals surface area contributed by atoms with Crippen LogP contribution in [0.4, 0.5) is 10.1 Å². The van der Waals surface area contributed by atoms with Crippen LogP contribution in [0.3, 0.4) is 0 Å². The average molecular weight is 292 g/mol. The van der Waals surface area contributed by atoms with Crippen molar-refractivity contribution in [2.75, 3.05) is 0 Å². The molecule has 0 aliphatic heterocycles. The minimum Gasteiger partial charge on any atom is -0.478 e. The number of pyridine rings is 1. The van der Waals surface area contributed by atoms with E-state index < -0.39 is 22.4 Å². The van der Waals surface area contributed by atoms with Gasteiger partial charge < -0.3 is 9.84 Å². The number of halogens is 1. The summed E-state index contributed by atoms with van der Waals surface area (Å²) < 4.78 is 18.9. The van der Waals surface area contributed by atoms with Crippen molar-refractivity contribution in [1.82, 2.24) is 4.98 Å². The van der Waals surface area contributed by atoms with E-state index in [1.54, 1.807) is 6.92 Å². The molecule has 7 nitrogen and oxygen atoms in total. The fraction of sp³-hybridized carbons (Fsp3) is 0.0769. The molecule has 108 valence electrons. The Morgan fingerprint density at radius 3 is 2.67 bits per heavy atom. The fourth-order valence-electron chi connectivity index (χ4n) is 1.58. The lowest BCUT2D eigenvalue weighted by atomic mass is 10.2. The second kappa shape index (κ2) is 5.53. The lowest BCUT2D eigenvalue weighted by Gasteiger charge is -2.08. The number of aromatic nitrogens is 1. The quantitative estimate of drug-likeness (QED) is 0.686. The number of carboxylic acid groups (broad SMARTS) is 1. The third-order valence-corrected chi connectivity index (χ3v) is 2.61. The molecule has 1 aromatic carbocycles. The van der Waals surface area contributed by atoms with Gasteiger partial charge in [-0.05, 0) is 19.1 Å². The van der Waals surface area contributed by atoms with E-state index in [4.69, 9.17) is 9.84 Å². The van der Waals surface area contributed by atoms with E-state index in [0.29, 0.717) is 5.56 Å². The Morgan fingerprint density at radius 1 is 1.43 bits per heavy atom. The van der Waals surface area contributed by atoms with Crippen LogP contribution < -0.4 is 4.74 Å². The SMILES string of the molecule is Cc1cc(C(=O)O)cnc1Oc1ccc([N+](=O)[O-])cc1F. The van der Waals surface area contributed by atoms with Crippen LogP contribution in [0.5, 0.6) is 11.6 Å². The van der Waals surface area contributed by atoms with Crippen molar-refractivity contribution in [2.24, 2.45) is 0 Å². The van der Waals surface area contributed by atoms with Crippen molar-refractivity contribution in [3.05, 3.63) is 57.5 Å². The summed E-state index contributed by atoms with van der Waals surface area (Å²) in [6.45, 7) is 1.55. The van der Waals surface area contributed by atoms with Gasteiger partial charge in [0, 0.05) is 17.8 Å². The predicted molar refractivity (Wildman–Crippen MR) is 69.1 cm³/mol. The molecule has 0 spiro atoms. The molecule has 0 saturated carbocycles. The van der Waals surface area contributed by atoms with Crippen LogP contribution in [0.1, 0.15) is 15.9 Å². The summed E-state index contributed by atoms with van der Waals surface area (Å²) in [4.78, 5) is 24.3. The number of nitro benzene ring substituents is 1. The van der Waals surface area contributed by atoms with Gasteiger partial charge in [0.05, 0.1) is 16.6 Å². The molecule has 2 rings (SSSR count). The normalized spacial score (nSPS) is 10.2. The minimum absolute atomic E-state index is 0.0211. The first kappa shape index (κ1) is 14.4. The number of carbonyl (C=O) groups is 1. The fourth-order valence-corrected chi connectivity index (χ4v) is 1.58. The molecule has 2 aromatic rings. The van der Waals surface area contributed by atoms with Gasteiger partial charge in [-0.25, -0.2) is 14.2 Å². The van der Waals surface area contributed by atoms with Gasteiger partial charge in [-0.15, -0.1) is 0 Å². The smallest absolute Gasteiger partial charge is 0.337 e. The number of ether oxygens (including phenoxy) is 1. The zero-order valence-corrected chi connectivity index (χ0v) is 10.7. The van der Waals surface area contributed by atoms with Crippen LogP contribution in [-0.4, -0.2) is 21.0 Å². The largest absolute Gasteiger partial charge is 0.478 e. The lowest BCUT2D eigenvalue weighted by Crippen LogP contribution is -2.00. The highest BCUT2D eigenvalue weighted by Crippen LogP contribution is 2.28. The molecule has 1 heterocycles. The summed E-state index contributed by atoms with van der Waals surface area (Å²) in [7, 11) is 0. The molecule has 0 aliphatic rings. The van der Waals surface area contributed by atoms with Gasteiger partial charge in [0.1, 0.15) is 0 Å². The van der Waals surface area contributed by atoms with Crippen LogP contribution in [0, 0.1) is 22.9 Å². The van der Waals surface area contributed by atoms with Crippen LogP contribution in [-0.2, 0) is 0 Å². The Kier molecular flexibility index (Phi) is 3.79. The van der Waals surface area contributed by atoms with Crippen molar-refractivity contribution < 1.29 is 24.0 Å². The summed E-state index contributed by atoms with van der Waals surface area (Å²) in [6, 6.07) is 4.27. The van der Waals surface area contributed by atoms with Crippen molar-refractivity contribution in [3.63, 3.8) is 0 Å². The second-order valence-corrected chi connectivity index (χ2v) is 4.13. The molecule has 0 unspecified atom stereocenters. The monoisotopic (exact) mass is 292 g/mol. The topological polar surface area (TPSA) is 103 Å². The Morgan fingerprint density at radius 2 is 2.14 bits per heavy atom. The molecule has 0 bridgehead atoms. The summed E-state index contributed by atoms with van der Waals surface area (Å²) in [5.41, 5.74) is -0.0255. The van der Waals surface area contributed by atoms with E-state index in [2.05, 4.69) is 4.98 Å². The van der Waals surface area contributed by atoms with Crippen molar-refractivity contribution in [1.29, 1.82) is 0 Å². The third-order valence-electron chi connectivity index (χ3n) is 2.61. The molecule has 0 radical (unpaired) electrons. The van der Waals surface area contributed by atoms with E-state index in [1.165, 1.54) is 6.07 Å². The van der Waals surface area contributed by atoms with E-state index in [-0.39, 0.29) is 17.2 Å². The zero-order chi connectivity index (χ0) is 15.6. The summed E-state index contributed by atoms with van der Waals surface area (Å²) >= 11 is 0. The highest BCUT2D eigenvalue weighted by atomic mass is 19.1. The lowest BCUT2D eigenvalue weighted by molar-refractivity contribution is -0.385. The summed E-state index contributed by atoms with van der Waals surface area (Å²) in [6.07, 6.45) is 1.08. The molecular formula is C13H9FN2O5. The Balaban J connectivity index is 2.30. The van der Waals surface area contributed by atoms with Crippen molar-refractivity contribution >= 4 is 11.7 Å². The van der Waals surface area contributed by atoms with E-state index in [0.717, 1.165) is 24.4 Å². The first-order valence-electron chi connectivity index (χ1n) is 5.70. The molecular weight excluding hydrogens is 283 g/mol. The van der Waals surface area contributed by atoms with Gasteiger partial charge in [0.2, 0.25) is 5.88 Å². The molecule has 0 saturated heterocycles. The number of nitrogens with zero attached hydrogens (tertiary/aromatic N) is 2. The molecule has 0 atom stereocenters. The summed E-state index contributed by atoms with van der Waals surface area (Å²) in [5, 5.41) is 19.3. The van der Waals surface area contributed by atoms with Crippen LogP contribution in [0.15, 0.2) is 30.5 Å². The van der Waals surface area contributed by atoms with Gasteiger partial charge in [-0.2, -0.15) is 0 Å². The Hall–Kier alpha value is -3.03. The van der Waals surface area contributed by atoms with Crippen LogP contribution in [0.25, 0.3) is 0 Å². The molecule has 8 heteroatoms. The maximum absolute atomic E-state index is 13.7. The molecule has 0 amide bonds. The minimum atomic E-state index is -1.14. The highest BCUT2D eigenvalue weighted by Gasteiger charge is 2.14. The van der Waals surface area contributed by atoms with E-state index >= 15 is 0 Å². The number of nitro groups is 1. The number of benzene rings is 1. The molecule has 0 aliphatic carbocycles. The van der Waals surface area contributed by atoms with Gasteiger partial charge in [0.25, 0.3) is 5.69 Å². The maximum atomic E-state index is 13.7. The van der Waals surface area contributed by atoms with Gasteiger partial charge >= 0.3 is 5.97 Å². The number of carboxylic acids is 1. The highest BCUT2D eigenvalue weighted by molar-refractivity contribution is 5.87.